The van der Waals surface area contributed by atoms with E-state index in [1.54, 1.807) is 32.9 Å². The number of ether oxygens (including phenoxy) is 1. The molecule has 0 aliphatic carbocycles. The van der Waals surface area contributed by atoms with Gasteiger partial charge in [0.2, 0.25) is 0 Å². The van der Waals surface area contributed by atoms with Crippen LogP contribution >= 0.6 is 11.8 Å². The van der Waals surface area contributed by atoms with Gasteiger partial charge in [-0.05, 0) is 32.4 Å². The average molecular weight is 297 g/mol. The van der Waals surface area contributed by atoms with Gasteiger partial charge in [0.1, 0.15) is 12.1 Å². The van der Waals surface area contributed by atoms with E-state index >= 15 is 0 Å². The third-order valence-electron chi connectivity index (χ3n) is 2.76. The summed E-state index contributed by atoms with van der Waals surface area (Å²) in [6.45, 7) is 5.54. The quantitative estimate of drug-likeness (QED) is 0.692. The van der Waals surface area contributed by atoms with Crippen molar-refractivity contribution in [2.75, 3.05) is 11.0 Å². The molecule has 5 nitrogen and oxygen atoms in total. The number of hydrogen-bond donors (Lipinski definition) is 0. The van der Waals surface area contributed by atoms with Crippen LogP contribution in [0.4, 0.5) is 10.5 Å². The number of carbonyl (C=O) groups is 2. The molecular weight excluding hydrogens is 280 g/mol. The Morgan fingerprint density at radius 1 is 1.25 bits per heavy atom. The maximum absolute atomic E-state index is 12.1. The fraction of sp³-hybridized carbons (Fsp3) is 0.429. The summed E-state index contributed by atoms with van der Waals surface area (Å²) in [5.41, 5.74) is 0.802. The molecule has 1 aromatic carbocycles. The molecule has 0 unspecified atom stereocenters. The van der Waals surface area contributed by atoms with Crippen molar-refractivity contribution < 1.29 is 14.3 Å². The summed E-state index contributed by atoms with van der Waals surface area (Å²) in [7, 11) is 0. The Morgan fingerprint density at radius 2 is 1.90 bits per heavy atom. The van der Waals surface area contributed by atoms with Crippen LogP contribution < -0.4 is 4.42 Å². The molecule has 2 amide bonds. The molecular formula is C14H17ClN2O3. The summed E-state index contributed by atoms with van der Waals surface area (Å²) in [5, 5.41) is 0. The van der Waals surface area contributed by atoms with E-state index in [4.69, 9.17) is 16.5 Å². The lowest BCUT2D eigenvalue weighted by Gasteiger charge is -2.25. The fourth-order valence-corrected chi connectivity index (χ4v) is 2.13. The van der Waals surface area contributed by atoms with Gasteiger partial charge in [-0.25, -0.2) is 9.21 Å². The van der Waals surface area contributed by atoms with Gasteiger partial charge in [-0.2, -0.15) is 0 Å². The van der Waals surface area contributed by atoms with Gasteiger partial charge < -0.3 is 4.74 Å². The smallest absolute Gasteiger partial charge is 0.411 e. The predicted octanol–water partition coefficient (Wildman–Crippen LogP) is 2.92. The van der Waals surface area contributed by atoms with E-state index in [0.717, 1.165) is 9.98 Å². The molecule has 1 heterocycles. The Morgan fingerprint density at radius 3 is 2.55 bits per heavy atom. The Labute approximate surface area is 123 Å². The number of halogens is 1. The third-order valence-corrected chi connectivity index (χ3v) is 3.13. The van der Waals surface area contributed by atoms with Gasteiger partial charge in [0.15, 0.2) is 0 Å². The SMILES string of the molecule is CC(C)(C)OC(=O)N1CC(=O)N(Cl)c2ccccc2C1. The first-order valence-corrected chi connectivity index (χ1v) is 6.66. The summed E-state index contributed by atoms with van der Waals surface area (Å²) in [6.07, 6.45) is -0.521. The van der Waals surface area contributed by atoms with E-state index in [2.05, 4.69) is 0 Å². The zero-order chi connectivity index (χ0) is 14.9. The molecule has 108 valence electrons. The van der Waals surface area contributed by atoms with Crippen LogP contribution in [-0.2, 0) is 16.1 Å². The fourth-order valence-electron chi connectivity index (χ4n) is 1.91. The lowest BCUT2D eigenvalue weighted by molar-refractivity contribution is -0.118. The highest BCUT2D eigenvalue weighted by molar-refractivity contribution is 6.37. The van der Waals surface area contributed by atoms with E-state index < -0.39 is 11.7 Å². The minimum Gasteiger partial charge on any atom is -0.444 e. The predicted molar refractivity (Wildman–Crippen MR) is 76.4 cm³/mol. The van der Waals surface area contributed by atoms with Crippen molar-refractivity contribution in [2.24, 2.45) is 0 Å². The summed E-state index contributed by atoms with van der Waals surface area (Å²) >= 11 is 6.01. The standard InChI is InChI=1S/C14H17ClN2O3/c1-14(2,3)20-13(19)16-8-10-6-4-5-7-11(10)17(15)12(18)9-16/h4-7H,8-9H2,1-3H3. The van der Waals surface area contributed by atoms with Crippen molar-refractivity contribution in [3.05, 3.63) is 29.8 Å². The minimum atomic E-state index is -0.605. The number of fused-ring (bicyclic) bond motifs is 1. The first-order valence-electron chi connectivity index (χ1n) is 6.32. The largest absolute Gasteiger partial charge is 0.444 e. The van der Waals surface area contributed by atoms with Gasteiger partial charge in [-0.15, -0.1) is 0 Å². The van der Waals surface area contributed by atoms with E-state index in [1.807, 2.05) is 12.1 Å². The van der Waals surface area contributed by atoms with Crippen molar-refractivity contribution >= 4 is 29.5 Å². The van der Waals surface area contributed by atoms with Gasteiger partial charge in [-0.3, -0.25) is 9.69 Å². The molecule has 0 spiro atoms. The molecule has 0 bridgehead atoms. The first-order chi connectivity index (χ1) is 9.28. The number of nitrogens with zero attached hydrogens (tertiary/aromatic N) is 2. The zero-order valence-electron chi connectivity index (χ0n) is 11.7. The normalized spacial score (nSPS) is 15.7. The highest BCUT2D eigenvalue weighted by Crippen LogP contribution is 2.27. The van der Waals surface area contributed by atoms with Crippen LogP contribution in [0.5, 0.6) is 0 Å². The lowest BCUT2D eigenvalue weighted by atomic mass is 10.2. The molecule has 0 atom stereocenters. The van der Waals surface area contributed by atoms with Gasteiger partial charge in [0.25, 0.3) is 5.91 Å². The third kappa shape index (κ3) is 3.22. The summed E-state index contributed by atoms with van der Waals surface area (Å²) in [4.78, 5) is 25.5. The number of amides is 2. The number of hydrogen-bond acceptors (Lipinski definition) is 3. The molecule has 1 aliphatic rings. The van der Waals surface area contributed by atoms with E-state index in [1.165, 1.54) is 4.90 Å². The molecule has 0 saturated carbocycles. The second-order valence-electron chi connectivity index (χ2n) is 5.64. The van der Waals surface area contributed by atoms with Crippen LogP contribution in [-0.4, -0.2) is 29.0 Å². The molecule has 0 aromatic heterocycles. The average Bonchev–Trinajstić information content (AvgIpc) is 2.47. The number of para-hydroxylation sites is 1. The Balaban J connectivity index is 2.27. The van der Waals surface area contributed by atoms with Gasteiger partial charge in [0, 0.05) is 11.8 Å². The van der Waals surface area contributed by atoms with Crippen LogP contribution in [0.25, 0.3) is 0 Å². The summed E-state index contributed by atoms with van der Waals surface area (Å²) in [5.74, 6) is -0.359. The summed E-state index contributed by atoms with van der Waals surface area (Å²) < 4.78 is 6.36. The highest BCUT2D eigenvalue weighted by atomic mass is 35.5. The molecule has 0 N–H and O–H groups in total. The van der Waals surface area contributed by atoms with Crippen LogP contribution in [0, 0.1) is 0 Å². The number of benzene rings is 1. The molecule has 1 aliphatic heterocycles. The molecule has 1 aromatic rings. The monoisotopic (exact) mass is 296 g/mol. The number of rotatable bonds is 0. The number of carbonyl (C=O) groups excluding carboxylic acids is 2. The second-order valence-corrected chi connectivity index (χ2v) is 5.98. The molecule has 2 rings (SSSR count). The maximum Gasteiger partial charge on any atom is 0.411 e. The maximum atomic E-state index is 12.1. The lowest BCUT2D eigenvalue weighted by Crippen LogP contribution is -2.40. The van der Waals surface area contributed by atoms with Crippen molar-refractivity contribution in [3.63, 3.8) is 0 Å². The van der Waals surface area contributed by atoms with Crippen LogP contribution in [0.3, 0.4) is 0 Å². The second kappa shape index (κ2) is 5.32. The van der Waals surface area contributed by atoms with E-state index in [9.17, 15) is 9.59 Å². The Bertz CT molecular complexity index is 539. The minimum absolute atomic E-state index is 0.104. The van der Waals surface area contributed by atoms with Crippen molar-refractivity contribution in [3.8, 4) is 0 Å². The van der Waals surface area contributed by atoms with Gasteiger partial charge in [-0.1, -0.05) is 18.2 Å². The Hall–Kier alpha value is -1.75. The molecule has 0 fully saturated rings. The molecule has 0 saturated heterocycles. The van der Waals surface area contributed by atoms with Gasteiger partial charge >= 0.3 is 6.09 Å². The van der Waals surface area contributed by atoms with Crippen molar-refractivity contribution in [2.45, 2.75) is 32.9 Å². The van der Waals surface area contributed by atoms with Crippen LogP contribution in [0.1, 0.15) is 26.3 Å². The molecule has 0 radical (unpaired) electrons. The topological polar surface area (TPSA) is 49.9 Å². The van der Waals surface area contributed by atoms with E-state index in [-0.39, 0.29) is 12.5 Å². The van der Waals surface area contributed by atoms with Crippen LogP contribution in [0.15, 0.2) is 24.3 Å². The van der Waals surface area contributed by atoms with Crippen molar-refractivity contribution in [1.29, 1.82) is 0 Å². The molecule has 6 heteroatoms. The Kier molecular flexibility index (Phi) is 3.90. The first kappa shape index (κ1) is 14.7. The van der Waals surface area contributed by atoms with Crippen molar-refractivity contribution in [1.82, 2.24) is 4.90 Å². The van der Waals surface area contributed by atoms with E-state index in [0.29, 0.717) is 12.2 Å². The summed E-state index contributed by atoms with van der Waals surface area (Å²) in [6, 6.07) is 7.22. The zero-order valence-corrected chi connectivity index (χ0v) is 12.5. The van der Waals surface area contributed by atoms with Gasteiger partial charge in [0.05, 0.1) is 12.2 Å². The molecule has 20 heavy (non-hydrogen) atoms. The highest BCUT2D eigenvalue weighted by Gasteiger charge is 2.30. The van der Waals surface area contributed by atoms with Crippen LogP contribution in [0.2, 0.25) is 0 Å². The number of anilines is 1.